The zero-order valence-electron chi connectivity index (χ0n) is 11.2. The van der Waals surface area contributed by atoms with Crippen molar-refractivity contribution in [1.29, 1.82) is 0 Å². The zero-order valence-corrected chi connectivity index (χ0v) is 11.2. The van der Waals surface area contributed by atoms with Crippen LogP contribution in [0.15, 0.2) is 12.4 Å². The van der Waals surface area contributed by atoms with Crippen molar-refractivity contribution in [3.8, 4) is 0 Å². The Morgan fingerprint density at radius 1 is 1.41 bits per heavy atom. The highest BCUT2D eigenvalue weighted by atomic mass is 15.0. The van der Waals surface area contributed by atoms with Gasteiger partial charge in [0.2, 0.25) is 0 Å². The smallest absolute Gasteiger partial charge is 0.129 e. The van der Waals surface area contributed by atoms with Crippen molar-refractivity contribution in [2.45, 2.75) is 58.9 Å². The normalized spacial score (nSPS) is 22.6. The summed E-state index contributed by atoms with van der Waals surface area (Å²) in [5, 5.41) is 3.58. The average molecular weight is 233 g/mol. The molecule has 1 unspecified atom stereocenters. The van der Waals surface area contributed by atoms with E-state index in [2.05, 4.69) is 42.1 Å². The molecule has 0 amide bonds. The Hall–Kier alpha value is -1.12. The van der Waals surface area contributed by atoms with E-state index in [4.69, 9.17) is 0 Å². The second-order valence-electron chi connectivity index (χ2n) is 5.72. The van der Waals surface area contributed by atoms with Crippen LogP contribution in [0.25, 0.3) is 0 Å². The lowest BCUT2D eigenvalue weighted by molar-refractivity contribution is 0.349. The molecule has 3 heteroatoms. The molecule has 1 saturated carbocycles. The van der Waals surface area contributed by atoms with E-state index in [0.29, 0.717) is 11.5 Å². The summed E-state index contributed by atoms with van der Waals surface area (Å²) >= 11 is 0. The number of nitrogens with zero attached hydrogens (tertiary/aromatic N) is 2. The van der Waals surface area contributed by atoms with Gasteiger partial charge in [-0.25, -0.2) is 9.97 Å². The van der Waals surface area contributed by atoms with E-state index in [0.717, 1.165) is 24.4 Å². The monoisotopic (exact) mass is 233 g/mol. The molecular formula is C14H23N3. The number of hydrogen-bond acceptors (Lipinski definition) is 3. The van der Waals surface area contributed by atoms with E-state index in [-0.39, 0.29) is 0 Å². The quantitative estimate of drug-likeness (QED) is 0.866. The lowest BCUT2D eigenvalue weighted by atomic mass is 9.87. The fraction of sp³-hybridized carbons (Fsp3) is 0.714. The van der Waals surface area contributed by atoms with Crippen LogP contribution in [0.3, 0.4) is 0 Å². The van der Waals surface area contributed by atoms with E-state index in [1.165, 1.54) is 19.3 Å². The molecule has 1 aliphatic carbocycles. The summed E-state index contributed by atoms with van der Waals surface area (Å²) in [6.45, 7) is 6.85. The van der Waals surface area contributed by atoms with Gasteiger partial charge in [0.1, 0.15) is 12.1 Å². The van der Waals surface area contributed by atoms with Crippen LogP contribution < -0.4 is 5.32 Å². The molecule has 1 heterocycles. The highest BCUT2D eigenvalue weighted by Gasteiger charge is 2.34. The minimum absolute atomic E-state index is 0.385. The number of aromatic nitrogens is 2. The molecule has 0 radical (unpaired) electrons. The molecule has 1 aromatic rings. The third-order valence-corrected chi connectivity index (χ3v) is 3.81. The number of aryl methyl sites for hydroxylation is 1. The molecule has 1 aromatic heterocycles. The minimum Gasteiger partial charge on any atom is -0.367 e. The third kappa shape index (κ3) is 2.96. The third-order valence-electron chi connectivity index (χ3n) is 3.81. The molecule has 0 saturated heterocycles. The van der Waals surface area contributed by atoms with Crippen molar-refractivity contribution in [3.05, 3.63) is 18.1 Å². The Morgan fingerprint density at radius 2 is 2.24 bits per heavy atom. The highest BCUT2D eigenvalue weighted by molar-refractivity contribution is 5.37. The van der Waals surface area contributed by atoms with Crippen LogP contribution in [-0.4, -0.2) is 16.0 Å². The Bertz CT molecular complexity index is 373. The van der Waals surface area contributed by atoms with Crippen LogP contribution in [0.4, 0.5) is 5.82 Å². The van der Waals surface area contributed by atoms with Crippen molar-refractivity contribution in [2.24, 2.45) is 5.41 Å². The van der Waals surface area contributed by atoms with E-state index in [1.807, 2.05) is 0 Å². The Morgan fingerprint density at radius 3 is 2.88 bits per heavy atom. The summed E-state index contributed by atoms with van der Waals surface area (Å²) in [4.78, 5) is 8.62. The molecular weight excluding hydrogens is 210 g/mol. The Balaban J connectivity index is 2.05. The maximum absolute atomic E-state index is 4.33. The summed E-state index contributed by atoms with van der Waals surface area (Å²) in [6, 6.07) is 2.64. The lowest BCUT2D eigenvalue weighted by Gasteiger charge is -2.28. The number of hydrogen-bond donors (Lipinski definition) is 1. The summed E-state index contributed by atoms with van der Waals surface area (Å²) in [6.07, 6.45) is 7.71. The molecule has 17 heavy (non-hydrogen) atoms. The van der Waals surface area contributed by atoms with Gasteiger partial charge in [-0.2, -0.15) is 0 Å². The maximum Gasteiger partial charge on any atom is 0.129 e. The first-order valence-corrected chi connectivity index (χ1v) is 6.69. The molecule has 0 bridgehead atoms. The molecule has 1 fully saturated rings. The molecule has 0 aliphatic heterocycles. The largest absolute Gasteiger partial charge is 0.367 e. The van der Waals surface area contributed by atoms with Crippen LogP contribution in [0.2, 0.25) is 0 Å². The molecule has 1 aliphatic rings. The maximum atomic E-state index is 4.33. The Labute approximate surface area is 104 Å². The predicted octanol–water partition coefficient (Wildman–Crippen LogP) is 3.42. The summed E-state index contributed by atoms with van der Waals surface area (Å²) in [5.74, 6) is 0.989. The van der Waals surface area contributed by atoms with Crippen LogP contribution in [0.5, 0.6) is 0 Å². The Kier molecular flexibility index (Phi) is 3.65. The van der Waals surface area contributed by atoms with Crippen LogP contribution in [-0.2, 0) is 6.42 Å². The first-order chi connectivity index (χ1) is 8.12. The average Bonchev–Trinajstić information content (AvgIpc) is 2.59. The second kappa shape index (κ2) is 5.03. The van der Waals surface area contributed by atoms with Crippen molar-refractivity contribution >= 4 is 5.82 Å². The molecule has 0 aromatic carbocycles. The van der Waals surface area contributed by atoms with Crippen LogP contribution >= 0.6 is 0 Å². The summed E-state index contributed by atoms with van der Waals surface area (Å²) < 4.78 is 0. The lowest BCUT2D eigenvalue weighted by Crippen LogP contribution is -2.31. The highest BCUT2D eigenvalue weighted by Crippen LogP contribution is 2.38. The van der Waals surface area contributed by atoms with Gasteiger partial charge in [0.25, 0.3) is 0 Å². The second-order valence-corrected chi connectivity index (χ2v) is 5.72. The van der Waals surface area contributed by atoms with Gasteiger partial charge in [0, 0.05) is 17.8 Å². The SMILES string of the molecule is CCCc1cc(NC2CCCC2(C)C)ncn1. The van der Waals surface area contributed by atoms with Gasteiger partial charge in [-0.3, -0.25) is 0 Å². The van der Waals surface area contributed by atoms with Crippen LogP contribution in [0.1, 0.15) is 52.1 Å². The fourth-order valence-electron chi connectivity index (χ4n) is 2.64. The van der Waals surface area contributed by atoms with Gasteiger partial charge < -0.3 is 5.32 Å². The van der Waals surface area contributed by atoms with E-state index in [1.54, 1.807) is 6.33 Å². The van der Waals surface area contributed by atoms with E-state index in [9.17, 15) is 0 Å². The van der Waals surface area contributed by atoms with Crippen molar-refractivity contribution < 1.29 is 0 Å². The van der Waals surface area contributed by atoms with Gasteiger partial charge in [-0.05, 0) is 24.7 Å². The van der Waals surface area contributed by atoms with E-state index >= 15 is 0 Å². The van der Waals surface area contributed by atoms with Crippen LogP contribution in [0, 0.1) is 5.41 Å². The molecule has 1 N–H and O–H groups in total. The van der Waals surface area contributed by atoms with Gasteiger partial charge >= 0.3 is 0 Å². The van der Waals surface area contributed by atoms with Gasteiger partial charge in [-0.1, -0.05) is 33.6 Å². The number of anilines is 1. The zero-order chi connectivity index (χ0) is 12.3. The van der Waals surface area contributed by atoms with E-state index < -0.39 is 0 Å². The molecule has 94 valence electrons. The summed E-state index contributed by atoms with van der Waals surface area (Å²) in [7, 11) is 0. The van der Waals surface area contributed by atoms with Gasteiger partial charge in [0.15, 0.2) is 0 Å². The first kappa shape index (κ1) is 12.3. The fourth-order valence-corrected chi connectivity index (χ4v) is 2.64. The first-order valence-electron chi connectivity index (χ1n) is 6.69. The van der Waals surface area contributed by atoms with Crippen molar-refractivity contribution in [1.82, 2.24) is 9.97 Å². The number of rotatable bonds is 4. The summed E-state index contributed by atoms with van der Waals surface area (Å²) in [5.41, 5.74) is 1.52. The van der Waals surface area contributed by atoms with Gasteiger partial charge in [-0.15, -0.1) is 0 Å². The van der Waals surface area contributed by atoms with Crippen molar-refractivity contribution in [3.63, 3.8) is 0 Å². The molecule has 1 atom stereocenters. The predicted molar refractivity (Wildman–Crippen MR) is 71.1 cm³/mol. The van der Waals surface area contributed by atoms with Gasteiger partial charge in [0.05, 0.1) is 0 Å². The standard InChI is InChI=1S/C14H23N3/c1-4-6-11-9-13(16-10-15-11)17-12-7-5-8-14(12,2)3/h9-10,12H,4-8H2,1-3H3,(H,15,16,17). The minimum atomic E-state index is 0.385. The molecule has 0 spiro atoms. The molecule has 2 rings (SSSR count). The molecule has 3 nitrogen and oxygen atoms in total. The topological polar surface area (TPSA) is 37.8 Å². The number of nitrogens with one attached hydrogen (secondary N) is 1. The van der Waals surface area contributed by atoms with Crippen molar-refractivity contribution in [2.75, 3.05) is 5.32 Å².